The molecule has 0 spiro atoms. The molecule has 0 aromatic heterocycles. The first-order valence-corrected chi connectivity index (χ1v) is 3.69. The fourth-order valence-corrected chi connectivity index (χ4v) is 0.808. The molecule has 0 radical (unpaired) electrons. The largest absolute Gasteiger partial charge is 0.396 e. The summed E-state index contributed by atoms with van der Waals surface area (Å²) in [6.07, 6.45) is 0.941. The van der Waals surface area contributed by atoms with Crippen LogP contribution in [-0.4, -0.2) is 18.0 Å². The van der Waals surface area contributed by atoms with Gasteiger partial charge in [-0.15, -0.1) is 0 Å². The van der Waals surface area contributed by atoms with Crippen LogP contribution < -0.4 is 0 Å². The molecule has 0 amide bonds. The highest BCUT2D eigenvalue weighted by atomic mass is 16.3. The van der Waals surface area contributed by atoms with Crippen LogP contribution in [0.5, 0.6) is 0 Å². The molecule has 0 fully saturated rings. The van der Waals surface area contributed by atoms with Gasteiger partial charge < -0.3 is 9.90 Å². The highest BCUT2D eigenvalue weighted by molar-refractivity contribution is 5.53. The Bertz CT molecular complexity index is 101. The van der Waals surface area contributed by atoms with E-state index in [9.17, 15) is 4.79 Å². The van der Waals surface area contributed by atoms with Gasteiger partial charge in [0.15, 0.2) is 0 Å². The van der Waals surface area contributed by atoms with Crippen molar-refractivity contribution in [3.05, 3.63) is 0 Å². The Labute approximate surface area is 62.2 Å². The van der Waals surface area contributed by atoms with Crippen molar-refractivity contribution in [1.82, 2.24) is 0 Å². The average Bonchev–Trinajstić information content (AvgIpc) is 2.00. The maximum Gasteiger partial charge on any atom is 0.123 e. The van der Waals surface area contributed by atoms with E-state index in [0.29, 0.717) is 0 Å². The van der Waals surface area contributed by atoms with Crippen LogP contribution in [0.2, 0.25) is 0 Å². The minimum atomic E-state index is 0.0575. The van der Waals surface area contributed by atoms with Crippen LogP contribution in [0.1, 0.15) is 20.8 Å². The second-order valence-corrected chi connectivity index (χ2v) is 3.01. The molecule has 0 aromatic rings. The highest BCUT2D eigenvalue weighted by Crippen LogP contribution is 2.17. The van der Waals surface area contributed by atoms with Crippen LogP contribution in [0.25, 0.3) is 0 Å². The topological polar surface area (TPSA) is 37.3 Å². The first kappa shape index (κ1) is 9.63. The molecule has 0 bridgehead atoms. The molecule has 2 nitrogen and oxygen atoms in total. The number of aliphatic hydroxyl groups is 1. The van der Waals surface area contributed by atoms with Gasteiger partial charge in [-0.2, -0.15) is 0 Å². The molecule has 0 saturated carbocycles. The number of rotatable bonds is 4. The number of aliphatic hydroxyl groups excluding tert-OH is 1. The molecule has 0 heterocycles. The molecule has 2 heteroatoms. The molecule has 0 aliphatic rings. The molecule has 0 aromatic carbocycles. The van der Waals surface area contributed by atoms with Gasteiger partial charge in [0.05, 0.1) is 0 Å². The summed E-state index contributed by atoms with van der Waals surface area (Å²) < 4.78 is 0. The Morgan fingerprint density at radius 2 is 1.90 bits per heavy atom. The normalized spacial score (nSPS) is 19.6. The first-order chi connectivity index (χ1) is 4.63. The molecule has 0 aliphatic carbocycles. The van der Waals surface area contributed by atoms with E-state index in [0.717, 1.165) is 6.29 Å². The highest BCUT2D eigenvalue weighted by Gasteiger charge is 2.17. The lowest BCUT2D eigenvalue weighted by Crippen LogP contribution is -2.20. The molecule has 10 heavy (non-hydrogen) atoms. The Morgan fingerprint density at radius 1 is 1.40 bits per heavy atom. The van der Waals surface area contributed by atoms with Gasteiger partial charge in [0, 0.05) is 12.5 Å². The fraction of sp³-hybridized carbons (Fsp3) is 0.875. The monoisotopic (exact) mass is 144 g/mol. The predicted molar refractivity (Wildman–Crippen MR) is 40.6 cm³/mol. The molecular weight excluding hydrogens is 128 g/mol. The molecule has 0 rings (SSSR count). The van der Waals surface area contributed by atoms with Gasteiger partial charge in [-0.3, -0.25) is 0 Å². The Kier molecular flexibility index (Phi) is 4.28. The van der Waals surface area contributed by atoms with E-state index in [-0.39, 0.29) is 24.4 Å². The molecule has 3 atom stereocenters. The van der Waals surface area contributed by atoms with Crippen molar-refractivity contribution in [3.63, 3.8) is 0 Å². The molecule has 1 N–H and O–H groups in total. The van der Waals surface area contributed by atoms with Crippen LogP contribution in [-0.2, 0) is 4.79 Å². The van der Waals surface area contributed by atoms with Crippen molar-refractivity contribution < 1.29 is 9.90 Å². The van der Waals surface area contributed by atoms with Gasteiger partial charge in [0.25, 0.3) is 0 Å². The van der Waals surface area contributed by atoms with Gasteiger partial charge in [-0.1, -0.05) is 20.8 Å². The minimum absolute atomic E-state index is 0.0575. The van der Waals surface area contributed by atoms with E-state index in [1.54, 1.807) is 0 Å². The maximum atomic E-state index is 10.3. The SMILES string of the molecule is C[C@@H]([C@H](C)C=O)[C@@H](C)CO. The second-order valence-electron chi connectivity index (χ2n) is 3.01. The van der Waals surface area contributed by atoms with Crippen molar-refractivity contribution in [2.24, 2.45) is 17.8 Å². The Balaban J connectivity index is 3.80. The Morgan fingerprint density at radius 3 is 2.20 bits per heavy atom. The van der Waals surface area contributed by atoms with Crippen molar-refractivity contribution in [3.8, 4) is 0 Å². The van der Waals surface area contributed by atoms with Crippen LogP contribution in [0.3, 0.4) is 0 Å². The maximum absolute atomic E-state index is 10.3. The summed E-state index contributed by atoms with van der Waals surface area (Å²) in [5, 5.41) is 8.73. The third-order valence-electron chi connectivity index (χ3n) is 2.23. The zero-order chi connectivity index (χ0) is 8.15. The van der Waals surface area contributed by atoms with Gasteiger partial charge in [-0.25, -0.2) is 0 Å². The zero-order valence-electron chi connectivity index (χ0n) is 6.87. The predicted octanol–water partition coefficient (Wildman–Crippen LogP) is 1.09. The van der Waals surface area contributed by atoms with E-state index in [1.165, 1.54) is 0 Å². The number of hydrogen-bond acceptors (Lipinski definition) is 2. The Hall–Kier alpha value is -0.370. The van der Waals surface area contributed by atoms with Gasteiger partial charge in [0.2, 0.25) is 0 Å². The van der Waals surface area contributed by atoms with Gasteiger partial charge in [-0.05, 0) is 11.8 Å². The summed E-state index contributed by atoms with van der Waals surface area (Å²) in [6.45, 7) is 5.98. The van der Waals surface area contributed by atoms with E-state index in [2.05, 4.69) is 0 Å². The third-order valence-corrected chi connectivity index (χ3v) is 2.23. The molecule has 0 unspecified atom stereocenters. The summed E-state index contributed by atoms with van der Waals surface area (Å²) in [6, 6.07) is 0. The summed E-state index contributed by atoms with van der Waals surface area (Å²) in [7, 11) is 0. The average molecular weight is 144 g/mol. The number of hydrogen-bond donors (Lipinski definition) is 1. The van der Waals surface area contributed by atoms with Crippen molar-refractivity contribution >= 4 is 6.29 Å². The van der Waals surface area contributed by atoms with E-state index in [4.69, 9.17) is 5.11 Å². The van der Waals surface area contributed by atoms with Crippen LogP contribution in [0.15, 0.2) is 0 Å². The van der Waals surface area contributed by atoms with Crippen molar-refractivity contribution in [2.75, 3.05) is 6.61 Å². The van der Waals surface area contributed by atoms with Gasteiger partial charge >= 0.3 is 0 Å². The number of carbonyl (C=O) groups is 1. The summed E-state index contributed by atoms with van der Waals surface area (Å²) >= 11 is 0. The first-order valence-electron chi connectivity index (χ1n) is 3.69. The lowest BCUT2D eigenvalue weighted by Gasteiger charge is -2.19. The fourth-order valence-electron chi connectivity index (χ4n) is 0.808. The minimum Gasteiger partial charge on any atom is -0.396 e. The lowest BCUT2D eigenvalue weighted by molar-refractivity contribution is -0.112. The van der Waals surface area contributed by atoms with E-state index >= 15 is 0 Å². The van der Waals surface area contributed by atoms with Crippen LogP contribution in [0, 0.1) is 17.8 Å². The van der Waals surface area contributed by atoms with Gasteiger partial charge in [0.1, 0.15) is 6.29 Å². The van der Waals surface area contributed by atoms with Crippen LogP contribution >= 0.6 is 0 Å². The molecule has 60 valence electrons. The second kappa shape index (κ2) is 4.45. The zero-order valence-corrected chi connectivity index (χ0v) is 6.87. The lowest BCUT2D eigenvalue weighted by atomic mass is 9.86. The summed E-state index contributed by atoms with van der Waals surface area (Å²) in [5.74, 6) is 0.560. The summed E-state index contributed by atoms with van der Waals surface area (Å²) in [5.41, 5.74) is 0. The third kappa shape index (κ3) is 2.48. The van der Waals surface area contributed by atoms with Crippen LogP contribution in [0.4, 0.5) is 0 Å². The summed E-state index contributed by atoms with van der Waals surface area (Å²) in [4.78, 5) is 10.3. The number of carbonyl (C=O) groups excluding carboxylic acids is 1. The van der Waals surface area contributed by atoms with Crippen molar-refractivity contribution in [2.45, 2.75) is 20.8 Å². The quantitative estimate of drug-likeness (QED) is 0.599. The molecular formula is C8H16O2. The smallest absolute Gasteiger partial charge is 0.123 e. The van der Waals surface area contributed by atoms with E-state index in [1.807, 2.05) is 20.8 Å². The van der Waals surface area contributed by atoms with E-state index < -0.39 is 0 Å². The molecule has 0 saturated heterocycles. The standard InChI is InChI=1S/C8H16O2/c1-6(4-9)8(3)7(2)5-10/h4,6-8,10H,5H2,1-3H3/t6-,7+,8+/m1/s1. The number of aldehydes is 1. The molecule has 0 aliphatic heterocycles. The van der Waals surface area contributed by atoms with Crippen molar-refractivity contribution in [1.29, 1.82) is 0 Å².